The fourth-order valence-corrected chi connectivity index (χ4v) is 0.663. The molecule has 0 aliphatic heterocycles. The number of hydrogen-bond donors (Lipinski definition) is 1. The minimum absolute atomic E-state index is 0.167. The van der Waals surface area contributed by atoms with Crippen molar-refractivity contribution in [2.75, 3.05) is 0 Å². The highest BCUT2D eigenvalue weighted by Gasteiger charge is 1.83. The van der Waals surface area contributed by atoms with Crippen LogP contribution in [0, 0.1) is 13.8 Å². The van der Waals surface area contributed by atoms with E-state index in [0.717, 1.165) is 0 Å². The Morgan fingerprint density at radius 2 is 1.25 bits per heavy atom. The molecule has 1 nitrogen and oxygen atoms in total. The molecule has 68 valence electrons. The van der Waals surface area contributed by atoms with Crippen LogP contribution in [0.3, 0.4) is 0 Å². The Kier molecular flexibility index (Phi) is 5.39. The summed E-state index contributed by atoms with van der Waals surface area (Å²) < 4.78 is 0. The minimum atomic E-state index is -0.167. The summed E-state index contributed by atoms with van der Waals surface area (Å²) in [5.74, 6) is 0. The maximum absolute atomic E-state index is 8.06. The van der Waals surface area contributed by atoms with Crippen molar-refractivity contribution in [3.63, 3.8) is 0 Å². The predicted octanol–water partition coefficient (Wildman–Crippen LogP) is 2.69. The molecule has 1 heteroatoms. The monoisotopic (exact) mass is 166 g/mol. The summed E-state index contributed by atoms with van der Waals surface area (Å²) in [5, 5.41) is 8.06. The van der Waals surface area contributed by atoms with Crippen LogP contribution < -0.4 is 0 Å². The highest BCUT2D eigenvalue weighted by Crippen LogP contribution is 2.02. The second-order valence-electron chi connectivity index (χ2n) is 3.18. The van der Waals surface area contributed by atoms with E-state index in [4.69, 9.17) is 5.11 Å². The third-order valence-electron chi connectivity index (χ3n) is 1.43. The molecular formula is C11H18O. The van der Waals surface area contributed by atoms with E-state index in [-0.39, 0.29) is 6.10 Å². The maximum Gasteiger partial charge on any atom is 0.0483 e. The van der Waals surface area contributed by atoms with Gasteiger partial charge in [0, 0.05) is 6.10 Å². The van der Waals surface area contributed by atoms with Crippen LogP contribution in [-0.4, -0.2) is 11.2 Å². The smallest absolute Gasteiger partial charge is 0.0483 e. The van der Waals surface area contributed by atoms with Gasteiger partial charge < -0.3 is 5.11 Å². The maximum atomic E-state index is 8.06. The Morgan fingerprint density at radius 3 is 1.42 bits per heavy atom. The molecule has 1 aromatic carbocycles. The molecule has 0 fully saturated rings. The lowest BCUT2D eigenvalue weighted by Crippen LogP contribution is -1.85. The van der Waals surface area contributed by atoms with Gasteiger partial charge in [-0.2, -0.15) is 0 Å². The Bertz CT molecular complexity index is 192. The topological polar surface area (TPSA) is 20.2 Å². The molecule has 0 spiro atoms. The van der Waals surface area contributed by atoms with Crippen LogP contribution in [0.15, 0.2) is 24.3 Å². The summed E-state index contributed by atoms with van der Waals surface area (Å²) >= 11 is 0. The van der Waals surface area contributed by atoms with E-state index in [1.807, 2.05) is 0 Å². The van der Waals surface area contributed by atoms with E-state index in [9.17, 15) is 0 Å². The Balaban J connectivity index is 0.000000261. The van der Waals surface area contributed by atoms with Crippen LogP contribution in [0.1, 0.15) is 25.0 Å². The average Bonchev–Trinajstić information content (AvgIpc) is 1.94. The van der Waals surface area contributed by atoms with Gasteiger partial charge in [-0.25, -0.2) is 0 Å². The van der Waals surface area contributed by atoms with Gasteiger partial charge in [0.25, 0.3) is 0 Å². The first-order chi connectivity index (χ1) is 5.54. The SMILES string of the molecule is CC(C)O.Cc1ccccc1C. The van der Waals surface area contributed by atoms with Crippen LogP contribution in [0.4, 0.5) is 0 Å². The first-order valence-electron chi connectivity index (χ1n) is 4.24. The molecule has 0 radical (unpaired) electrons. The van der Waals surface area contributed by atoms with Gasteiger partial charge in [0.2, 0.25) is 0 Å². The van der Waals surface area contributed by atoms with Crippen LogP contribution in [0.5, 0.6) is 0 Å². The van der Waals surface area contributed by atoms with E-state index >= 15 is 0 Å². The Hall–Kier alpha value is -0.820. The summed E-state index contributed by atoms with van der Waals surface area (Å²) in [4.78, 5) is 0. The molecule has 0 saturated heterocycles. The molecule has 0 amide bonds. The summed E-state index contributed by atoms with van der Waals surface area (Å²) in [7, 11) is 0. The first kappa shape index (κ1) is 11.2. The van der Waals surface area contributed by atoms with Gasteiger partial charge in [-0.3, -0.25) is 0 Å². The molecule has 1 rings (SSSR count). The fourth-order valence-electron chi connectivity index (χ4n) is 0.663. The molecule has 0 aliphatic carbocycles. The van der Waals surface area contributed by atoms with Gasteiger partial charge in [-0.1, -0.05) is 24.3 Å². The Labute approximate surface area is 75.1 Å². The molecule has 0 unspecified atom stereocenters. The van der Waals surface area contributed by atoms with E-state index in [1.165, 1.54) is 11.1 Å². The molecular weight excluding hydrogens is 148 g/mol. The summed E-state index contributed by atoms with van der Waals surface area (Å²) in [5.41, 5.74) is 2.74. The number of aliphatic hydroxyl groups excluding tert-OH is 1. The highest BCUT2D eigenvalue weighted by atomic mass is 16.3. The van der Waals surface area contributed by atoms with Crippen molar-refractivity contribution in [3.05, 3.63) is 35.4 Å². The number of aryl methyl sites for hydroxylation is 2. The molecule has 0 bridgehead atoms. The molecule has 0 aliphatic rings. The molecule has 12 heavy (non-hydrogen) atoms. The second-order valence-corrected chi connectivity index (χ2v) is 3.18. The molecule has 0 heterocycles. The van der Waals surface area contributed by atoms with Gasteiger partial charge >= 0.3 is 0 Å². The third-order valence-corrected chi connectivity index (χ3v) is 1.43. The van der Waals surface area contributed by atoms with Crippen molar-refractivity contribution in [2.45, 2.75) is 33.8 Å². The van der Waals surface area contributed by atoms with Crippen molar-refractivity contribution in [3.8, 4) is 0 Å². The summed E-state index contributed by atoms with van der Waals surface area (Å²) in [6, 6.07) is 8.36. The zero-order chi connectivity index (χ0) is 9.56. The van der Waals surface area contributed by atoms with Gasteiger partial charge in [0.05, 0.1) is 0 Å². The highest BCUT2D eigenvalue weighted by molar-refractivity contribution is 5.23. The number of hydrogen-bond acceptors (Lipinski definition) is 1. The van der Waals surface area contributed by atoms with Gasteiger partial charge in [-0.15, -0.1) is 0 Å². The van der Waals surface area contributed by atoms with Crippen molar-refractivity contribution in [2.24, 2.45) is 0 Å². The number of rotatable bonds is 0. The van der Waals surface area contributed by atoms with Gasteiger partial charge in [0.1, 0.15) is 0 Å². The fraction of sp³-hybridized carbons (Fsp3) is 0.455. The van der Waals surface area contributed by atoms with E-state index in [2.05, 4.69) is 38.1 Å². The molecule has 1 N–H and O–H groups in total. The largest absolute Gasteiger partial charge is 0.394 e. The minimum Gasteiger partial charge on any atom is -0.394 e. The quantitative estimate of drug-likeness (QED) is 0.628. The number of benzene rings is 1. The lowest BCUT2D eigenvalue weighted by molar-refractivity contribution is 0.216. The summed E-state index contributed by atoms with van der Waals surface area (Å²) in [6.45, 7) is 7.69. The molecule has 0 aromatic heterocycles. The van der Waals surface area contributed by atoms with Crippen molar-refractivity contribution >= 4 is 0 Å². The van der Waals surface area contributed by atoms with Crippen LogP contribution in [-0.2, 0) is 0 Å². The van der Waals surface area contributed by atoms with Crippen molar-refractivity contribution in [1.29, 1.82) is 0 Å². The van der Waals surface area contributed by atoms with E-state index in [0.29, 0.717) is 0 Å². The average molecular weight is 166 g/mol. The van der Waals surface area contributed by atoms with E-state index < -0.39 is 0 Å². The van der Waals surface area contributed by atoms with Crippen molar-refractivity contribution < 1.29 is 5.11 Å². The van der Waals surface area contributed by atoms with Crippen molar-refractivity contribution in [1.82, 2.24) is 0 Å². The van der Waals surface area contributed by atoms with Crippen LogP contribution in [0.2, 0.25) is 0 Å². The lowest BCUT2D eigenvalue weighted by atomic mass is 10.1. The van der Waals surface area contributed by atoms with E-state index in [1.54, 1.807) is 13.8 Å². The molecule has 1 aromatic rings. The number of aliphatic hydroxyl groups is 1. The predicted molar refractivity (Wildman–Crippen MR) is 53.3 cm³/mol. The normalized spacial score (nSPS) is 9.17. The molecule has 0 saturated carbocycles. The first-order valence-corrected chi connectivity index (χ1v) is 4.24. The van der Waals surface area contributed by atoms with Crippen LogP contribution in [0.25, 0.3) is 0 Å². The molecule has 0 atom stereocenters. The van der Waals surface area contributed by atoms with Crippen LogP contribution >= 0.6 is 0 Å². The third kappa shape index (κ3) is 5.93. The zero-order valence-corrected chi connectivity index (χ0v) is 8.33. The second kappa shape index (κ2) is 5.78. The summed E-state index contributed by atoms with van der Waals surface area (Å²) in [6.07, 6.45) is -0.167. The zero-order valence-electron chi connectivity index (χ0n) is 8.33. The standard InChI is InChI=1S/C8H10.C3H8O/c1-7-5-3-4-6-8(7)2;1-3(2)4/h3-6H,1-2H3;3-4H,1-2H3. The lowest BCUT2D eigenvalue weighted by Gasteiger charge is -1.93. The van der Waals surface area contributed by atoms with Gasteiger partial charge in [0.15, 0.2) is 0 Å². The van der Waals surface area contributed by atoms with Gasteiger partial charge in [-0.05, 0) is 38.8 Å². The Morgan fingerprint density at radius 1 is 1.00 bits per heavy atom.